The molecule has 1 unspecified atom stereocenters. The van der Waals surface area contributed by atoms with Crippen molar-refractivity contribution >= 4 is 0 Å². The third-order valence-electron chi connectivity index (χ3n) is 12.4. The molecule has 0 spiro atoms. The predicted octanol–water partition coefficient (Wildman–Crippen LogP) is -14.1. The van der Waals surface area contributed by atoms with Crippen molar-refractivity contribution in [1.29, 1.82) is 0 Å². The lowest BCUT2D eigenvalue weighted by atomic mass is 9.96. The van der Waals surface area contributed by atoms with E-state index in [1.807, 2.05) is 0 Å². The molecule has 6 aliphatic rings. The van der Waals surface area contributed by atoms with Crippen molar-refractivity contribution in [1.82, 2.24) is 0 Å². The highest BCUT2D eigenvalue weighted by molar-refractivity contribution is 4.98. The van der Waals surface area contributed by atoms with Gasteiger partial charge in [0.2, 0.25) is 0 Å². The van der Waals surface area contributed by atoms with Crippen LogP contribution in [0.1, 0.15) is 0 Å². The second kappa shape index (κ2) is 23.5. The van der Waals surface area contributed by atoms with Crippen LogP contribution >= 0.6 is 0 Å². The highest BCUT2D eigenvalue weighted by Gasteiger charge is 2.55. The summed E-state index contributed by atoms with van der Waals surface area (Å²) in [4.78, 5) is 0. The Bertz CT molecular complexity index is 1510. The number of hydrogen-bond donors (Lipinski definition) is 20. The van der Waals surface area contributed by atoms with Crippen LogP contribution in [0, 0.1) is 0 Å². The number of aliphatic hydroxyl groups is 20. The van der Waals surface area contributed by atoms with E-state index in [4.69, 9.17) is 52.1 Å². The molecule has 0 aromatic heterocycles. The quantitative estimate of drug-likeness (QED) is 0.0683. The predicted molar refractivity (Wildman–Crippen MR) is 199 cm³/mol. The van der Waals surface area contributed by atoms with E-state index in [-0.39, 0.29) is 0 Å². The van der Waals surface area contributed by atoms with Gasteiger partial charge in [-0.15, -0.1) is 0 Å². The molecule has 6 saturated heterocycles. The van der Waals surface area contributed by atoms with Gasteiger partial charge in [0.05, 0.1) is 39.6 Å². The number of hydrogen-bond acceptors (Lipinski definition) is 31. The molecule has 0 aromatic carbocycles. The van der Waals surface area contributed by atoms with E-state index in [0.717, 1.165) is 0 Å². The molecule has 6 aliphatic heterocycles. The van der Waals surface area contributed by atoms with Crippen molar-refractivity contribution in [2.75, 3.05) is 39.6 Å². The van der Waals surface area contributed by atoms with Crippen molar-refractivity contribution in [2.24, 2.45) is 0 Å². The fourth-order valence-corrected chi connectivity index (χ4v) is 8.19. The minimum Gasteiger partial charge on any atom is -0.394 e. The molecule has 31 heteroatoms. The number of ether oxygens (including phenoxy) is 11. The van der Waals surface area contributed by atoms with Crippen LogP contribution < -0.4 is 0 Å². The van der Waals surface area contributed by atoms with Gasteiger partial charge < -0.3 is 154 Å². The molecule has 20 N–H and O–H groups in total. The molecular formula is C36H62O31. The zero-order valence-electron chi connectivity index (χ0n) is 35.0. The van der Waals surface area contributed by atoms with Gasteiger partial charge in [-0.05, 0) is 0 Å². The molecule has 0 saturated carbocycles. The summed E-state index contributed by atoms with van der Waals surface area (Å²) >= 11 is 0. The first-order valence-electron chi connectivity index (χ1n) is 21.1. The zero-order valence-corrected chi connectivity index (χ0v) is 35.0. The van der Waals surface area contributed by atoms with Crippen molar-refractivity contribution in [3.05, 3.63) is 0 Å². The van der Waals surface area contributed by atoms with E-state index in [9.17, 15) is 102 Å². The average Bonchev–Trinajstić information content (AvgIpc) is 3.31. The van der Waals surface area contributed by atoms with E-state index in [2.05, 4.69) is 0 Å². The summed E-state index contributed by atoms with van der Waals surface area (Å²) in [5.41, 5.74) is 0. The molecule has 6 fully saturated rings. The summed E-state index contributed by atoms with van der Waals surface area (Å²) in [6.45, 7) is -5.16. The molecule has 392 valence electrons. The van der Waals surface area contributed by atoms with Crippen LogP contribution in [0.2, 0.25) is 0 Å². The fourth-order valence-electron chi connectivity index (χ4n) is 8.19. The Morgan fingerprint density at radius 1 is 0.254 bits per heavy atom. The van der Waals surface area contributed by atoms with Crippen LogP contribution in [0.15, 0.2) is 0 Å². The third-order valence-corrected chi connectivity index (χ3v) is 12.4. The van der Waals surface area contributed by atoms with Gasteiger partial charge in [0, 0.05) is 0 Å². The topological polar surface area (TPSA) is 506 Å². The second-order valence-corrected chi connectivity index (χ2v) is 16.9. The van der Waals surface area contributed by atoms with Gasteiger partial charge in [-0.2, -0.15) is 0 Å². The molecule has 0 amide bonds. The first kappa shape index (κ1) is 55.1. The Morgan fingerprint density at radius 3 is 0.925 bits per heavy atom. The molecule has 0 bridgehead atoms. The monoisotopic (exact) mass is 990 g/mol. The highest BCUT2D eigenvalue weighted by atomic mass is 16.8. The summed E-state index contributed by atoms with van der Waals surface area (Å²) in [5, 5.41) is 208. The lowest BCUT2D eigenvalue weighted by Crippen LogP contribution is -2.66. The average molecular weight is 991 g/mol. The minimum absolute atomic E-state index is 0.797. The van der Waals surface area contributed by atoms with E-state index in [1.54, 1.807) is 0 Å². The lowest BCUT2D eigenvalue weighted by Gasteiger charge is -2.47. The molecule has 30 atom stereocenters. The zero-order chi connectivity index (χ0) is 49.3. The van der Waals surface area contributed by atoms with E-state index >= 15 is 0 Å². The molecule has 0 radical (unpaired) electrons. The first-order chi connectivity index (χ1) is 31.6. The Balaban J connectivity index is 1.13. The maximum Gasteiger partial charge on any atom is 0.187 e. The van der Waals surface area contributed by atoms with Gasteiger partial charge in [-0.1, -0.05) is 0 Å². The van der Waals surface area contributed by atoms with Gasteiger partial charge >= 0.3 is 0 Å². The molecule has 31 nitrogen and oxygen atoms in total. The van der Waals surface area contributed by atoms with Gasteiger partial charge in [0.1, 0.15) is 146 Å². The Labute approximate surface area is 378 Å². The summed E-state index contributed by atoms with van der Waals surface area (Å²) < 4.78 is 60.5. The van der Waals surface area contributed by atoms with Crippen LogP contribution in [-0.2, 0) is 52.1 Å². The molecular weight excluding hydrogens is 928 g/mol. The van der Waals surface area contributed by atoms with E-state index in [1.165, 1.54) is 0 Å². The standard InChI is InChI=1S/C36H62O31/c37-1-7-13(40)20(47)25(52)35(62-7)66-29-17(44)9(3-39)61-33(27(29)54)59-5-11-16(43)22(49)24(51)32(64-11)57-6-12-18(45)30(67-36-26(53)21(48)14(41)8(2-38)63-36)28(55)34(65-12)58-4-10-15(42)19(46)23(50)31(56)60-10/h7-56H,1-6H2/t7-,8-,9-,10-,11-,12-,13-,14-,15-,16-,17-,18-,19+,20+,21+,22+,23-,24-,25-,26-,27-,28-,29+,30+,31?,32-,33-,34-,35+,36+/m1/s1. The van der Waals surface area contributed by atoms with E-state index in [0.29, 0.717) is 0 Å². The van der Waals surface area contributed by atoms with Crippen LogP contribution in [0.5, 0.6) is 0 Å². The van der Waals surface area contributed by atoms with E-state index < -0.39 is 224 Å². The van der Waals surface area contributed by atoms with Crippen molar-refractivity contribution in [3.8, 4) is 0 Å². The largest absolute Gasteiger partial charge is 0.394 e. The molecule has 6 rings (SSSR count). The second-order valence-electron chi connectivity index (χ2n) is 16.9. The highest BCUT2D eigenvalue weighted by Crippen LogP contribution is 2.34. The first-order valence-corrected chi connectivity index (χ1v) is 21.1. The minimum atomic E-state index is -2.08. The maximum atomic E-state index is 11.4. The Kier molecular flexibility index (Phi) is 19.4. The van der Waals surface area contributed by atoms with Gasteiger partial charge in [0.15, 0.2) is 37.7 Å². The fraction of sp³-hybridized carbons (Fsp3) is 1.00. The Morgan fingerprint density at radius 2 is 0.522 bits per heavy atom. The smallest absolute Gasteiger partial charge is 0.187 e. The van der Waals surface area contributed by atoms with Crippen molar-refractivity contribution < 1.29 is 154 Å². The van der Waals surface area contributed by atoms with Gasteiger partial charge in [-0.25, -0.2) is 0 Å². The molecule has 0 aromatic rings. The normalized spacial score (nSPS) is 53.4. The number of aliphatic hydroxyl groups excluding tert-OH is 20. The van der Waals surface area contributed by atoms with Crippen molar-refractivity contribution in [2.45, 2.75) is 184 Å². The van der Waals surface area contributed by atoms with Crippen LogP contribution in [0.4, 0.5) is 0 Å². The summed E-state index contributed by atoms with van der Waals surface area (Å²) in [6, 6.07) is 0. The van der Waals surface area contributed by atoms with Crippen molar-refractivity contribution in [3.63, 3.8) is 0 Å². The lowest BCUT2D eigenvalue weighted by molar-refractivity contribution is -0.373. The summed E-state index contributed by atoms with van der Waals surface area (Å²) in [6.07, 6.45) is -56.2. The molecule has 6 heterocycles. The van der Waals surface area contributed by atoms with Crippen LogP contribution in [0.3, 0.4) is 0 Å². The third kappa shape index (κ3) is 11.7. The summed E-state index contributed by atoms with van der Waals surface area (Å²) in [5.74, 6) is 0. The molecule has 0 aliphatic carbocycles. The Hall–Kier alpha value is -1.24. The molecule has 67 heavy (non-hydrogen) atoms. The number of rotatable bonds is 16. The summed E-state index contributed by atoms with van der Waals surface area (Å²) in [7, 11) is 0. The van der Waals surface area contributed by atoms with Crippen LogP contribution in [-0.4, -0.2) is 326 Å². The van der Waals surface area contributed by atoms with Gasteiger partial charge in [-0.3, -0.25) is 0 Å². The maximum absolute atomic E-state index is 11.4. The SMILES string of the molecule is OC[C@H]1O[C@@H](O[C@@H]2[C@@H](O)[C@H](OC[C@H]3O[C@@H](OC[C@H]4O[C@@H](OC[C@H]5OC(O)[C@H](O)[C@@H](O)[C@@H]5O)[C@H](O)[C@@H](O[C@@H]5O[C@H](CO)[C@@H](O)[C@H](O)[C@H]5O)[C@@H]4O)[C@H](O)[C@@H](O)[C@@H]3O)O[C@H](CO)[C@H]2O)[C@H](O)[C@@H](O)[C@@H]1O. The van der Waals surface area contributed by atoms with Gasteiger partial charge in [0.25, 0.3) is 0 Å². The van der Waals surface area contributed by atoms with Crippen LogP contribution in [0.25, 0.3) is 0 Å².